The number of nitrogen functional groups attached to an aromatic ring is 1. The number of nitrogens with two attached hydrogens (primary N) is 1. The Bertz CT molecular complexity index is 607. The van der Waals surface area contributed by atoms with Crippen molar-refractivity contribution in [2.45, 2.75) is 33.2 Å². The van der Waals surface area contributed by atoms with E-state index in [9.17, 15) is 4.79 Å². The van der Waals surface area contributed by atoms with Crippen molar-refractivity contribution in [2.24, 2.45) is 5.84 Å². The van der Waals surface area contributed by atoms with Crippen molar-refractivity contribution < 1.29 is 4.79 Å². The third kappa shape index (κ3) is 3.00. The molecule has 0 saturated carbocycles. The zero-order valence-electron chi connectivity index (χ0n) is 11.6. The summed E-state index contributed by atoms with van der Waals surface area (Å²) in [6, 6.07) is 5.24. The summed E-state index contributed by atoms with van der Waals surface area (Å²) in [5.41, 5.74) is 3.11. The fraction of sp³-hybridized carbons (Fsp3) is 0.385. The number of nitrogens with zero attached hydrogens (tertiary/aromatic N) is 4. The largest absolute Gasteiger partial charge is 0.289 e. The van der Waals surface area contributed by atoms with Crippen molar-refractivity contribution in [3.05, 3.63) is 41.2 Å². The zero-order valence-corrected chi connectivity index (χ0v) is 11.6. The standard InChI is InChI=1S/C13H18N6O/c1-3-11-16-12(4-2)19(18-11)8-9-6-5-7-10(15-9)13(20)17-14/h5-7H,3-4,8,14H2,1-2H3,(H,17,20). The smallest absolute Gasteiger partial charge is 0.283 e. The summed E-state index contributed by atoms with van der Waals surface area (Å²) in [5, 5.41) is 4.43. The average Bonchev–Trinajstić information content (AvgIpc) is 2.88. The van der Waals surface area contributed by atoms with Crippen LogP contribution in [0.5, 0.6) is 0 Å². The Labute approximate surface area is 117 Å². The maximum Gasteiger partial charge on any atom is 0.283 e. The third-order valence-corrected chi connectivity index (χ3v) is 2.91. The average molecular weight is 274 g/mol. The van der Waals surface area contributed by atoms with Gasteiger partial charge in [0.05, 0.1) is 12.2 Å². The molecule has 2 rings (SSSR count). The third-order valence-electron chi connectivity index (χ3n) is 2.91. The molecule has 3 N–H and O–H groups in total. The summed E-state index contributed by atoms with van der Waals surface area (Å²) < 4.78 is 1.82. The van der Waals surface area contributed by atoms with E-state index in [2.05, 4.69) is 20.5 Å². The predicted molar refractivity (Wildman–Crippen MR) is 73.8 cm³/mol. The van der Waals surface area contributed by atoms with Crippen LogP contribution < -0.4 is 11.3 Å². The SMILES string of the molecule is CCc1nc(CC)n(Cc2cccc(C(=O)NN)n2)n1. The number of hydrogen-bond acceptors (Lipinski definition) is 5. The van der Waals surface area contributed by atoms with Crippen molar-refractivity contribution in [3.8, 4) is 0 Å². The summed E-state index contributed by atoms with van der Waals surface area (Å²) in [6.45, 7) is 4.54. The molecular formula is C13H18N6O. The van der Waals surface area contributed by atoms with Gasteiger partial charge in [0, 0.05) is 12.8 Å². The second kappa shape index (κ2) is 6.25. The van der Waals surface area contributed by atoms with E-state index in [4.69, 9.17) is 5.84 Å². The molecule has 0 spiro atoms. The molecule has 0 saturated heterocycles. The van der Waals surface area contributed by atoms with Crippen LogP contribution in [0.3, 0.4) is 0 Å². The number of rotatable bonds is 5. The first-order valence-electron chi connectivity index (χ1n) is 6.57. The molecule has 0 aliphatic carbocycles. The van der Waals surface area contributed by atoms with Gasteiger partial charge in [-0.1, -0.05) is 19.9 Å². The van der Waals surface area contributed by atoms with E-state index < -0.39 is 5.91 Å². The maximum atomic E-state index is 11.5. The first kappa shape index (κ1) is 14.1. The van der Waals surface area contributed by atoms with Crippen molar-refractivity contribution in [2.75, 3.05) is 0 Å². The van der Waals surface area contributed by atoms with E-state index in [1.807, 2.05) is 24.6 Å². The van der Waals surface area contributed by atoms with Crippen molar-refractivity contribution >= 4 is 5.91 Å². The van der Waals surface area contributed by atoms with Crippen LogP contribution in [0.1, 0.15) is 41.7 Å². The van der Waals surface area contributed by atoms with Gasteiger partial charge in [-0.2, -0.15) is 5.10 Å². The van der Waals surface area contributed by atoms with E-state index in [-0.39, 0.29) is 0 Å². The van der Waals surface area contributed by atoms with Gasteiger partial charge in [-0.3, -0.25) is 10.2 Å². The van der Waals surface area contributed by atoms with Gasteiger partial charge in [-0.15, -0.1) is 0 Å². The molecule has 20 heavy (non-hydrogen) atoms. The Morgan fingerprint density at radius 2 is 2.10 bits per heavy atom. The Hall–Kier alpha value is -2.28. The van der Waals surface area contributed by atoms with Gasteiger partial charge < -0.3 is 0 Å². The van der Waals surface area contributed by atoms with E-state index in [1.165, 1.54) is 0 Å². The van der Waals surface area contributed by atoms with Gasteiger partial charge in [0.1, 0.15) is 11.5 Å². The molecule has 0 unspecified atom stereocenters. The molecule has 106 valence electrons. The van der Waals surface area contributed by atoms with Crippen LogP contribution in [0.25, 0.3) is 0 Å². The number of aryl methyl sites for hydroxylation is 2. The lowest BCUT2D eigenvalue weighted by Gasteiger charge is -2.05. The topological polar surface area (TPSA) is 98.7 Å². The number of amides is 1. The van der Waals surface area contributed by atoms with E-state index in [1.54, 1.807) is 12.1 Å². The van der Waals surface area contributed by atoms with E-state index in [0.717, 1.165) is 30.2 Å². The fourth-order valence-corrected chi connectivity index (χ4v) is 1.89. The number of nitrogens with one attached hydrogen (secondary N) is 1. The molecule has 0 aromatic carbocycles. The van der Waals surface area contributed by atoms with Gasteiger partial charge in [-0.25, -0.2) is 20.5 Å². The minimum atomic E-state index is -0.407. The lowest BCUT2D eigenvalue weighted by molar-refractivity contribution is 0.0948. The number of hydrazine groups is 1. The Morgan fingerprint density at radius 1 is 1.30 bits per heavy atom. The molecule has 0 aliphatic heterocycles. The molecule has 1 amide bonds. The Morgan fingerprint density at radius 3 is 2.75 bits per heavy atom. The highest BCUT2D eigenvalue weighted by Crippen LogP contribution is 2.06. The fourth-order valence-electron chi connectivity index (χ4n) is 1.89. The van der Waals surface area contributed by atoms with Crippen LogP contribution in [0, 0.1) is 0 Å². The van der Waals surface area contributed by atoms with Crippen molar-refractivity contribution in [3.63, 3.8) is 0 Å². The van der Waals surface area contributed by atoms with Crippen molar-refractivity contribution in [1.29, 1.82) is 0 Å². The molecule has 0 aliphatic rings. The number of aromatic nitrogens is 4. The summed E-state index contributed by atoms with van der Waals surface area (Å²) in [5.74, 6) is 6.43. The predicted octanol–water partition coefficient (Wildman–Crippen LogP) is 0.450. The number of carbonyl (C=O) groups excluding carboxylic acids is 1. The van der Waals surface area contributed by atoms with Gasteiger partial charge in [-0.05, 0) is 12.1 Å². The highest BCUT2D eigenvalue weighted by Gasteiger charge is 2.10. The highest BCUT2D eigenvalue weighted by molar-refractivity contribution is 5.91. The van der Waals surface area contributed by atoms with Crippen LogP contribution in [-0.2, 0) is 19.4 Å². The summed E-state index contributed by atoms with van der Waals surface area (Å²) in [4.78, 5) is 20.2. The van der Waals surface area contributed by atoms with Gasteiger partial charge in [0.15, 0.2) is 5.82 Å². The van der Waals surface area contributed by atoms with Crippen LogP contribution in [0.4, 0.5) is 0 Å². The number of hydrogen-bond donors (Lipinski definition) is 2. The second-order valence-electron chi connectivity index (χ2n) is 4.30. The molecule has 0 atom stereocenters. The molecular weight excluding hydrogens is 256 g/mol. The molecule has 0 bridgehead atoms. The van der Waals surface area contributed by atoms with Crippen LogP contribution in [0.2, 0.25) is 0 Å². The zero-order chi connectivity index (χ0) is 14.5. The molecule has 0 radical (unpaired) electrons. The molecule has 2 aromatic rings. The maximum absolute atomic E-state index is 11.5. The summed E-state index contributed by atoms with van der Waals surface area (Å²) in [7, 11) is 0. The van der Waals surface area contributed by atoms with Crippen LogP contribution in [-0.4, -0.2) is 25.7 Å². The molecule has 2 heterocycles. The Kier molecular flexibility index (Phi) is 4.41. The minimum Gasteiger partial charge on any atom is -0.289 e. The monoisotopic (exact) mass is 274 g/mol. The molecule has 7 heteroatoms. The first-order valence-corrected chi connectivity index (χ1v) is 6.57. The quantitative estimate of drug-likeness (QED) is 0.468. The molecule has 0 fully saturated rings. The Balaban J connectivity index is 2.25. The molecule has 7 nitrogen and oxygen atoms in total. The van der Waals surface area contributed by atoms with Gasteiger partial charge >= 0.3 is 0 Å². The first-order chi connectivity index (χ1) is 9.67. The van der Waals surface area contributed by atoms with Gasteiger partial charge in [0.2, 0.25) is 0 Å². The lowest BCUT2D eigenvalue weighted by atomic mass is 10.3. The lowest BCUT2D eigenvalue weighted by Crippen LogP contribution is -2.30. The van der Waals surface area contributed by atoms with E-state index >= 15 is 0 Å². The molecule has 2 aromatic heterocycles. The van der Waals surface area contributed by atoms with Crippen LogP contribution in [0.15, 0.2) is 18.2 Å². The summed E-state index contributed by atoms with van der Waals surface area (Å²) in [6.07, 6.45) is 1.60. The normalized spacial score (nSPS) is 10.6. The highest BCUT2D eigenvalue weighted by atomic mass is 16.2. The van der Waals surface area contributed by atoms with E-state index in [0.29, 0.717) is 12.2 Å². The van der Waals surface area contributed by atoms with Gasteiger partial charge in [0.25, 0.3) is 5.91 Å². The number of pyridine rings is 1. The number of carbonyl (C=O) groups is 1. The summed E-state index contributed by atoms with van der Waals surface area (Å²) >= 11 is 0. The minimum absolute atomic E-state index is 0.291. The van der Waals surface area contributed by atoms with Crippen LogP contribution >= 0.6 is 0 Å². The van der Waals surface area contributed by atoms with Crippen molar-refractivity contribution in [1.82, 2.24) is 25.2 Å². The second-order valence-corrected chi connectivity index (χ2v) is 4.30.